The topological polar surface area (TPSA) is 82.3 Å². The molecule has 0 unspecified atom stereocenters. The molecule has 1 saturated heterocycles. The molecular formula is C25H26FN3O3. The summed E-state index contributed by atoms with van der Waals surface area (Å²) in [5.74, 6) is -1.13. The fourth-order valence-corrected chi connectivity index (χ4v) is 4.28. The first-order valence-corrected chi connectivity index (χ1v) is 10.9. The Morgan fingerprint density at radius 1 is 1.09 bits per heavy atom. The molecule has 6 nitrogen and oxygen atoms in total. The lowest BCUT2D eigenvalue weighted by atomic mass is 9.90. The van der Waals surface area contributed by atoms with Crippen molar-refractivity contribution in [3.05, 3.63) is 71.2 Å². The summed E-state index contributed by atoms with van der Waals surface area (Å²) < 4.78 is 13.1. The molecule has 0 spiro atoms. The smallest absolute Gasteiger partial charge is 0.292 e. The molecule has 2 amide bonds. The number of Topliss-reactive ketones (excluding diaryl/α,β-unsaturated/α-hetero) is 1. The number of hydrogen-bond donors (Lipinski definition) is 2. The number of benzene rings is 2. The zero-order chi connectivity index (χ0) is 22.7. The standard InChI is InChI=1S/C25H26FN3O3/c1-2-27-24(31)23(30)18-5-8-22-20(14-18)21(15-28-22)25(32)29-11-9-17(10-12-29)13-16-3-6-19(26)7-4-16/h3-8,14-15,17,28H,2,9-13H2,1H3,(H,27,31). The van der Waals surface area contributed by atoms with Crippen molar-refractivity contribution < 1.29 is 18.8 Å². The average molecular weight is 435 g/mol. The zero-order valence-corrected chi connectivity index (χ0v) is 18.0. The number of aromatic amines is 1. The number of halogens is 1. The van der Waals surface area contributed by atoms with Crippen molar-refractivity contribution in [2.24, 2.45) is 5.92 Å². The number of amides is 2. The Morgan fingerprint density at radius 2 is 1.81 bits per heavy atom. The molecule has 0 aliphatic carbocycles. The first-order valence-electron chi connectivity index (χ1n) is 10.9. The van der Waals surface area contributed by atoms with Crippen LogP contribution in [0.15, 0.2) is 48.7 Å². The highest BCUT2D eigenvalue weighted by Crippen LogP contribution is 2.26. The third-order valence-corrected chi connectivity index (χ3v) is 6.06. The molecule has 1 aromatic heterocycles. The van der Waals surface area contributed by atoms with Gasteiger partial charge in [-0.25, -0.2) is 4.39 Å². The van der Waals surface area contributed by atoms with E-state index in [9.17, 15) is 18.8 Å². The third kappa shape index (κ3) is 4.56. The van der Waals surface area contributed by atoms with Gasteiger partial charge in [-0.15, -0.1) is 0 Å². The lowest BCUT2D eigenvalue weighted by Crippen LogP contribution is -2.38. The number of aromatic nitrogens is 1. The van der Waals surface area contributed by atoms with Crippen LogP contribution in [-0.4, -0.2) is 47.1 Å². The van der Waals surface area contributed by atoms with Gasteiger partial charge in [0.25, 0.3) is 11.8 Å². The van der Waals surface area contributed by atoms with E-state index < -0.39 is 11.7 Å². The highest BCUT2D eigenvalue weighted by molar-refractivity contribution is 6.43. The van der Waals surface area contributed by atoms with E-state index in [-0.39, 0.29) is 17.3 Å². The summed E-state index contributed by atoms with van der Waals surface area (Å²) >= 11 is 0. The maximum absolute atomic E-state index is 13.2. The number of H-pyrrole nitrogens is 1. The van der Waals surface area contributed by atoms with Gasteiger partial charge in [-0.2, -0.15) is 0 Å². The summed E-state index contributed by atoms with van der Waals surface area (Å²) in [4.78, 5) is 42.4. The molecule has 0 bridgehead atoms. The second-order valence-electron chi connectivity index (χ2n) is 8.22. The SMILES string of the molecule is CCNC(=O)C(=O)c1ccc2[nH]cc(C(=O)N3CCC(Cc4ccc(F)cc4)CC3)c2c1. The van der Waals surface area contributed by atoms with Crippen LogP contribution in [0.4, 0.5) is 4.39 Å². The van der Waals surface area contributed by atoms with Gasteiger partial charge >= 0.3 is 0 Å². The van der Waals surface area contributed by atoms with Crippen molar-refractivity contribution in [2.45, 2.75) is 26.2 Å². The predicted molar refractivity (Wildman–Crippen MR) is 120 cm³/mol. The van der Waals surface area contributed by atoms with E-state index in [0.29, 0.717) is 36.5 Å². The summed E-state index contributed by atoms with van der Waals surface area (Å²) in [6.45, 7) is 3.42. The minimum Gasteiger partial charge on any atom is -0.360 e. The molecule has 32 heavy (non-hydrogen) atoms. The molecule has 0 radical (unpaired) electrons. The molecule has 2 heterocycles. The summed E-state index contributed by atoms with van der Waals surface area (Å²) in [6.07, 6.45) is 4.30. The molecular weight excluding hydrogens is 409 g/mol. The van der Waals surface area contributed by atoms with Crippen molar-refractivity contribution in [3.63, 3.8) is 0 Å². The lowest BCUT2D eigenvalue weighted by molar-refractivity contribution is -0.116. The van der Waals surface area contributed by atoms with Gasteiger partial charge in [-0.05, 0) is 68.0 Å². The number of carbonyl (C=O) groups excluding carboxylic acids is 3. The number of rotatable bonds is 6. The van der Waals surface area contributed by atoms with E-state index in [4.69, 9.17) is 0 Å². The molecule has 2 aromatic carbocycles. The average Bonchev–Trinajstić information content (AvgIpc) is 3.23. The van der Waals surface area contributed by atoms with Gasteiger partial charge in [0.15, 0.2) is 0 Å². The van der Waals surface area contributed by atoms with E-state index in [0.717, 1.165) is 30.3 Å². The highest BCUT2D eigenvalue weighted by atomic mass is 19.1. The third-order valence-electron chi connectivity index (χ3n) is 6.06. The molecule has 1 aliphatic heterocycles. The number of hydrogen-bond acceptors (Lipinski definition) is 3. The molecule has 2 N–H and O–H groups in total. The normalized spacial score (nSPS) is 14.5. The molecule has 4 rings (SSSR count). The van der Waals surface area contributed by atoms with Gasteiger partial charge in [0, 0.05) is 42.3 Å². The summed E-state index contributed by atoms with van der Waals surface area (Å²) in [7, 11) is 0. The first-order chi connectivity index (χ1) is 15.5. The monoisotopic (exact) mass is 435 g/mol. The largest absolute Gasteiger partial charge is 0.360 e. The van der Waals surface area contributed by atoms with Crippen molar-refractivity contribution in [1.29, 1.82) is 0 Å². The number of nitrogens with one attached hydrogen (secondary N) is 2. The van der Waals surface area contributed by atoms with Crippen LogP contribution in [0.2, 0.25) is 0 Å². The number of ketones is 1. The second-order valence-corrected chi connectivity index (χ2v) is 8.22. The van der Waals surface area contributed by atoms with Gasteiger partial charge < -0.3 is 15.2 Å². The fraction of sp³-hybridized carbons (Fsp3) is 0.320. The van der Waals surface area contributed by atoms with E-state index >= 15 is 0 Å². The molecule has 0 saturated carbocycles. The summed E-state index contributed by atoms with van der Waals surface area (Å²) in [5, 5.41) is 3.15. The van der Waals surface area contributed by atoms with Crippen LogP contribution in [0.25, 0.3) is 10.9 Å². The lowest BCUT2D eigenvalue weighted by Gasteiger charge is -2.32. The zero-order valence-electron chi connectivity index (χ0n) is 18.0. The van der Waals surface area contributed by atoms with Crippen LogP contribution in [0, 0.1) is 11.7 Å². The van der Waals surface area contributed by atoms with Gasteiger partial charge in [0.1, 0.15) is 5.82 Å². The van der Waals surface area contributed by atoms with Crippen molar-refractivity contribution in [2.75, 3.05) is 19.6 Å². The Hall–Kier alpha value is -3.48. The predicted octanol–water partition coefficient (Wildman–Crippen LogP) is 3.72. The Morgan fingerprint density at radius 3 is 2.50 bits per heavy atom. The van der Waals surface area contributed by atoms with Gasteiger partial charge in [-0.1, -0.05) is 12.1 Å². The van der Waals surface area contributed by atoms with Crippen LogP contribution in [-0.2, 0) is 11.2 Å². The van der Waals surface area contributed by atoms with E-state index in [1.54, 1.807) is 31.3 Å². The Bertz CT molecular complexity index is 1140. The maximum atomic E-state index is 13.2. The number of carbonyl (C=O) groups is 3. The van der Waals surface area contributed by atoms with Crippen molar-refractivity contribution in [1.82, 2.24) is 15.2 Å². The molecule has 1 aliphatic rings. The van der Waals surface area contributed by atoms with Crippen LogP contribution >= 0.6 is 0 Å². The minimum absolute atomic E-state index is 0.0842. The number of likely N-dealkylation sites (N-methyl/N-ethyl adjacent to an activating group) is 1. The fourth-order valence-electron chi connectivity index (χ4n) is 4.28. The van der Waals surface area contributed by atoms with Gasteiger partial charge in [0.05, 0.1) is 5.56 Å². The van der Waals surface area contributed by atoms with Gasteiger partial charge in [-0.3, -0.25) is 14.4 Å². The first kappa shape index (κ1) is 21.7. The Balaban J connectivity index is 1.44. The van der Waals surface area contributed by atoms with E-state index in [1.807, 2.05) is 17.0 Å². The summed E-state index contributed by atoms with van der Waals surface area (Å²) in [5.41, 5.74) is 2.61. The maximum Gasteiger partial charge on any atom is 0.292 e. The Kier molecular flexibility index (Phi) is 6.35. The van der Waals surface area contributed by atoms with Crippen LogP contribution < -0.4 is 5.32 Å². The number of fused-ring (bicyclic) bond motifs is 1. The Labute approximate surface area is 185 Å². The number of nitrogens with zero attached hydrogens (tertiary/aromatic N) is 1. The number of piperidine rings is 1. The quantitative estimate of drug-likeness (QED) is 0.457. The molecule has 7 heteroatoms. The van der Waals surface area contributed by atoms with Crippen molar-refractivity contribution in [3.8, 4) is 0 Å². The second kappa shape index (κ2) is 9.34. The van der Waals surface area contributed by atoms with Crippen LogP contribution in [0.1, 0.15) is 46.0 Å². The highest BCUT2D eigenvalue weighted by Gasteiger charge is 2.26. The molecule has 166 valence electrons. The van der Waals surface area contributed by atoms with Crippen LogP contribution in [0.5, 0.6) is 0 Å². The summed E-state index contributed by atoms with van der Waals surface area (Å²) in [6, 6.07) is 11.5. The minimum atomic E-state index is -0.654. The van der Waals surface area contributed by atoms with E-state index in [1.165, 1.54) is 12.1 Å². The molecule has 1 fully saturated rings. The molecule has 0 atom stereocenters. The molecule has 3 aromatic rings. The van der Waals surface area contributed by atoms with Gasteiger partial charge in [0.2, 0.25) is 5.78 Å². The van der Waals surface area contributed by atoms with E-state index in [2.05, 4.69) is 10.3 Å². The van der Waals surface area contributed by atoms with Crippen molar-refractivity contribution >= 4 is 28.5 Å². The van der Waals surface area contributed by atoms with Crippen LogP contribution in [0.3, 0.4) is 0 Å². The number of likely N-dealkylation sites (tertiary alicyclic amines) is 1.